The Morgan fingerprint density at radius 1 is 1.09 bits per heavy atom. The van der Waals surface area contributed by atoms with Crippen LogP contribution in [0.5, 0.6) is 0 Å². The van der Waals surface area contributed by atoms with E-state index in [-0.39, 0.29) is 10.8 Å². The van der Waals surface area contributed by atoms with E-state index in [1.807, 2.05) is 36.4 Å². The molecular formula is C16H14ClNO3S2. The highest BCUT2D eigenvalue weighted by Crippen LogP contribution is 2.27. The van der Waals surface area contributed by atoms with Crippen LogP contribution in [0.3, 0.4) is 0 Å². The van der Waals surface area contributed by atoms with E-state index < -0.39 is 16.1 Å². The normalized spacial score (nSPS) is 13.3. The summed E-state index contributed by atoms with van der Waals surface area (Å²) < 4.78 is 27.3. The van der Waals surface area contributed by atoms with Gasteiger partial charge in [0.25, 0.3) is 0 Å². The monoisotopic (exact) mass is 367 g/mol. The summed E-state index contributed by atoms with van der Waals surface area (Å²) in [6, 6.07) is 16.2. The summed E-state index contributed by atoms with van der Waals surface area (Å²) >= 11 is 6.75. The number of nitrogens with one attached hydrogen (secondary N) is 1. The molecule has 0 radical (unpaired) electrons. The summed E-state index contributed by atoms with van der Waals surface area (Å²) in [5.41, 5.74) is 0.690. The Bertz CT molecular complexity index is 932. The molecular weight excluding hydrogens is 354 g/mol. The quantitative estimate of drug-likeness (QED) is 0.724. The first kappa shape index (κ1) is 16.4. The fraction of sp³-hybridized carbons (Fsp3) is 0.125. The molecule has 0 aliphatic heterocycles. The number of aliphatic hydroxyl groups is 1. The summed E-state index contributed by atoms with van der Waals surface area (Å²) in [6.07, 6.45) is -0.939. The molecule has 7 heteroatoms. The van der Waals surface area contributed by atoms with Crippen molar-refractivity contribution in [1.82, 2.24) is 4.72 Å². The fourth-order valence-electron chi connectivity index (χ4n) is 2.35. The molecule has 0 saturated heterocycles. The zero-order chi connectivity index (χ0) is 16.4. The standard InChI is InChI=1S/C16H14ClNO3S2/c17-15-8-9-16(22-15)23(20,21)18-10-14(19)13-7-3-5-11-4-1-2-6-12(11)13/h1-9,14,18-19H,10H2/t14-/m0/s1. The van der Waals surface area contributed by atoms with Crippen LogP contribution in [0.4, 0.5) is 0 Å². The first-order chi connectivity index (χ1) is 11.0. The van der Waals surface area contributed by atoms with Crippen molar-refractivity contribution in [2.24, 2.45) is 0 Å². The summed E-state index contributed by atoms with van der Waals surface area (Å²) in [5, 5.41) is 12.3. The highest BCUT2D eigenvalue weighted by atomic mass is 35.5. The van der Waals surface area contributed by atoms with Crippen molar-refractivity contribution in [3.05, 3.63) is 64.5 Å². The van der Waals surface area contributed by atoms with Gasteiger partial charge in [0, 0.05) is 6.54 Å². The molecule has 0 spiro atoms. The molecule has 0 aliphatic carbocycles. The van der Waals surface area contributed by atoms with Crippen molar-refractivity contribution in [1.29, 1.82) is 0 Å². The Morgan fingerprint density at radius 2 is 1.83 bits per heavy atom. The van der Waals surface area contributed by atoms with E-state index in [1.165, 1.54) is 12.1 Å². The zero-order valence-corrected chi connectivity index (χ0v) is 14.3. The van der Waals surface area contributed by atoms with Crippen molar-refractivity contribution in [3.63, 3.8) is 0 Å². The van der Waals surface area contributed by atoms with Crippen molar-refractivity contribution in [2.45, 2.75) is 10.3 Å². The first-order valence-corrected chi connectivity index (χ1v) is 9.56. The van der Waals surface area contributed by atoms with Crippen LogP contribution >= 0.6 is 22.9 Å². The number of benzene rings is 2. The lowest BCUT2D eigenvalue weighted by molar-refractivity contribution is 0.183. The van der Waals surface area contributed by atoms with Gasteiger partial charge in [0.1, 0.15) is 4.21 Å². The lowest BCUT2D eigenvalue weighted by Crippen LogP contribution is -2.28. The molecule has 23 heavy (non-hydrogen) atoms. The third kappa shape index (κ3) is 3.57. The van der Waals surface area contributed by atoms with Gasteiger partial charge in [-0.15, -0.1) is 11.3 Å². The van der Waals surface area contributed by atoms with Gasteiger partial charge in [-0.25, -0.2) is 13.1 Å². The fourth-order valence-corrected chi connectivity index (χ4v) is 4.92. The number of fused-ring (bicyclic) bond motifs is 1. The average Bonchev–Trinajstić information content (AvgIpc) is 2.99. The van der Waals surface area contributed by atoms with Crippen LogP contribution in [0.1, 0.15) is 11.7 Å². The molecule has 2 N–H and O–H groups in total. The van der Waals surface area contributed by atoms with Gasteiger partial charge in [-0.3, -0.25) is 0 Å². The first-order valence-electron chi connectivity index (χ1n) is 6.88. The molecule has 4 nitrogen and oxygen atoms in total. The van der Waals surface area contributed by atoms with Gasteiger partial charge in [0.05, 0.1) is 10.4 Å². The summed E-state index contributed by atoms with van der Waals surface area (Å²) in [7, 11) is -3.67. The molecule has 0 fully saturated rings. The maximum Gasteiger partial charge on any atom is 0.250 e. The Labute approximate surface area is 143 Å². The Kier molecular flexibility index (Phi) is 4.70. The zero-order valence-electron chi connectivity index (χ0n) is 11.9. The van der Waals surface area contributed by atoms with Gasteiger partial charge in [-0.05, 0) is 28.5 Å². The van der Waals surface area contributed by atoms with E-state index >= 15 is 0 Å². The van der Waals surface area contributed by atoms with E-state index in [0.717, 1.165) is 22.1 Å². The highest BCUT2D eigenvalue weighted by molar-refractivity contribution is 7.91. The molecule has 0 amide bonds. The molecule has 1 atom stereocenters. The second kappa shape index (κ2) is 6.59. The molecule has 1 aromatic heterocycles. The summed E-state index contributed by atoms with van der Waals surface area (Å²) in [5.74, 6) is 0. The van der Waals surface area contributed by atoms with Crippen molar-refractivity contribution >= 4 is 43.7 Å². The van der Waals surface area contributed by atoms with Crippen molar-refractivity contribution in [2.75, 3.05) is 6.54 Å². The van der Waals surface area contributed by atoms with Crippen LogP contribution in [0, 0.1) is 0 Å². The van der Waals surface area contributed by atoms with E-state index in [1.54, 1.807) is 6.07 Å². The largest absolute Gasteiger partial charge is 0.387 e. The van der Waals surface area contributed by atoms with Gasteiger partial charge in [0.2, 0.25) is 10.0 Å². The van der Waals surface area contributed by atoms with Crippen LogP contribution in [0.2, 0.25) is 4.34 Å². The molecule has 3 aromatic rings. The summed E-state index contributed by atoms with van der Waals surface area (Å²) in [4.78, 5) is 0. The van der Waals surface area contributed by atoms with Crippen LogP contribution < -0.4 is 4.72 Å². The topological polar surface area (TPSA) is 66.4 Å². The molecule has 120 valence electrons. The van der Waals surface area contributed by atoms with Gasteiger partial charge in [-0.1, -0.05) is 54.1 Å². The highest BCUT2D eigenvalue weighted by Gasteiger charge is 2.19. The minimum atomic E-state index is -3.67. The van der Waals surface area contributed by atoms with E-state index in [9.17, 15) is 13.5 Å². The minimum absolute atomic E-state index is 0.105. The minimum Gasteiger partial charge on any atom is -0.387 e. The molecule has 1 heterocycles. The molecule has 2 aromatic carbocycles. The number of aliphatic hydroxyl groups excluding tert-OH is 1. The van der Waals surface area contributed by atoms with Gasteiger partial charge < -0.3 is 5.11 Å². The van der Waals surface area contributed by atoms with E-state index in [4.69, 9.17) is 11.6 Å². The molecule has 0 unspecified atom stereocenters. The number of halogens is 1. The van der Waals surface area contributed by atoms with Crippen molar-refractivity contribution in [3.8, 4) is 0 Å². The number of thiophene rings is 1. The number of hydrogen-bond acceptors (Lipinski definition) is 4. The average molecular weight is 368 g/mol. The lowest BCUT2D eigenvalue weighted by Gasteiger charge is -2.14. The third-order valence-corrected chi connectivity index (χ3v) is 6.61. The predicted molar refractivity (Wildman–Crippen MR) is 93.4 cm³/mol. The van der Waals surface area contributed by atoms with Crippen LogP contribution in [0.25, 0.3) is 10.8 Å². The van der Waals surface area contributed by atoms with Crippen molar-refractivity contribution < 1.29 is 13.5 Å². The number of hydrogen-bond donors (Lipinski definition) is 2. The number of rotatable bonds is 5. The van der Waals surface area contributed by atoms with E-state index in [2.05, 4.69) is 4.72 Å². The second-order valence-corrected chi connectivity index (χ2v) is 8.70. The van der Waals surface area contributed by atoms with Crippen LogP contribution in [-0.2, 0) is 10.0 Å². The molecule has 0 bridgehead atoms. The van der Waals surface area contributed by atoms with Gasteiger partial charge in [-0.2, -0.15) is 0 Å². The lowest BCUT2D eigenvalue weighted by atomic mass is 10.0. The van der Waals surface area contributed by atoms with Gasteiger partial charge >= 0.3 is 0 Å². The third-order valence-electron chi connectivity index (χ3n) is 3.46. The summed E-state index contributed by atoms with van der Waals surface area (Å²) in [6.45, 7) is -0.105. The molecule has 0 aliphatic rings. The maximum atomic E-state index is 12.2. The molecule has 0 saturated carbocycles. The second-order valence-electron chi connectivity index (χ2n) is 4.99. The van der Waals surface area contributed by atoms with Gasteiger partial charge in [0.15, 0.2) is 0 Å². The van der Waals surface area contributed by atoms with E-state index in [0.29, 0.717) is 9.90 Å². The maximum absolute atomic E-state index is 12.2. The smallest absolute Gasteiger partial charge is 0.250 e. The molecule has 3 rings (SSSR count). The Hall–Kier alpha value is -1.44. The SMILES string of the molecule is O=S(=O)(NC[C@H](O)c1cccc2ccccc12)c1ccc(Cl)s1. The van der Waals surface area contributed by atoms with Crippen LogP contribution in [-0.4, -0.2) is 20.1 Å². The number of sulfonamides is 1. The predicted octanol–water partition coefficient (Wildman–Crippen LogP) is 3.57. The Balaban J connectivity index is 1.80. The van der Waals surface area contributed by atoms with Crippen LogP contribution in [0.15, 0.2) is 58.8 Å². The Morgan fingerprint density at radius 3 is 2.57 bits per heavy atom.